The van der Waals surface area contributed by atoms with Crippen LogP contribution >= 0.6 is 0 Å². The van der Waals surface area contributed by atoms with Gasteiger partial charge in [-0.05, 0) is 44.3 Å². The zero-order chi connectivity index (χ0) is 26.1. The smallest absolute Gasteiger partial charge is 0.463 e. The lowest BCUT2D eigenvalue weighted by Gasteiger charge is -2.42. The molecule has 2 heterocycles. The van der Waals surface area contributed by atoms with E-state index in [4.69, 9.17) is 28.3 Å². The molecule has 190 valence electrons. The van der Waals surface area contributed by atoms with Crippen LogP contribution in [0.15, 0.2) is 36.4 Å². The van der Waals surface area contributed by atoms with Crippen molar-refractivity contribution in [1.82, 2.24) is 0 Å². The van der Waals surface area contributed by atoms with Gasteiger partial charge in [-0.2, -0.15) is 0 Å². The van der Waals surface area contributed by atoms with Crippen LogP contribution in [0, 0.1) is 0 Å². The number of hydrogen-bond donors (Lipinski definition) is 0. The quantitative estimate of drug-likeness (QED) is 0.258. The van der Waals surface area contributed by atoms with E-state index in [2.05, 4.69) is 6.58 Å². The molecule has 2 aliphatic heterocycles. The summed E-state index contributed by atoms with van der Waals surface area (Å²) in [5.41, 5.74) is 0.840. The lowest BCUT2D eigenvalue weighted by atomic mass is 9.78. The molecule has 0 aromatic heterocycles. The Balaban J connectivity index is 1.92. The highest BCUT2D eigenvalue weighted by atomic mass is 16.7. The molecule has 2 fully saturated rings. The summed E-state index contributed by atoms with van der Waals surface area (Å²) in [5.74, 6) is -1.63. The van der Waals surface area contributed by atoms with Gasteiger partial charge < -0.3 is 28.3 Å². The van der Waals surface area contributed by atoms with Crippen LogP contribution in [0.25, 0.3) is 0 Å². The van der Waals surface area contributed by atoms with E-state index >= 15 is 0 Å². The van der Waals surface area contributed by atoms with Gasteiger partial charge in [0.05, 0.1) is 11.2 Å². The second-order valence-corrected chi connectivity index (χ2v) is 9.78. The van der Waals surface area contributed by atoms with Gasteiger partial charge in [-0.15, -0.1) is 0 Å². The fourth-order valence-electron chi connectivity index (χ4n) is 3.96. The molecule has 1 aromatic carbocycles. The minimum Gasteiger partial charge on any atom is -0.463 e. The summed E-state index contributed by atoms with van der Waals surface area (Å²) in [7, 11) is -0.545. The lowest BCUT2D eigenvalue weighted by Crippen LogP contribution is -2.50. The summed E-state index contributed by atoms with van der Waals surface area (Å²) < 4.78 is 34.6. The van der Waals surface area contributed by atoms with E-state index < -0.39 is 60.6 Å². The van der Waals surface area contributed by atoms with Crippen molar-refractivity contribution >= 4 is 30.5 Å². The van der Waals surface area contributed by atoms with Crippen LogP contribution in [0.1, 0.15) is 60.1 Å². The highest BCUT2D eigenvalue weighted by Gasteiger charge is 2.52. The molecule has 0 bridgehead atoms. The van der Waals surface area contributed by atoms with Crippen molar-refractivity contribution < 1.29 is 42.6 Å². The van der Waals surface area contributed by atoms with Crippen molar-refractivity contribution in [3.63, 3.8) is 0 Å². The Labute approximate surface area is 206 Å². The van der Waals surface area contributed by atoms with Crippen molar-refractivity contribution in [3.05, 3.63) is 42.0 Å². The topological polar surface area (TPSA) is 107 Å². The highest BCUT2D eigenvalue weighted by Crippen LogP contribution is 2.39. The zero-order valence-electron chi connectivity index (χ0n) is 21.3. The largest absolute Gasteiger partial charge is 0.494 e. The molecule has 1 aromatic rings. The zero-order valence-corrected chi connectivity index (χ0v) is 21.3. The Kier molecular flexibility index (Phi) is 7.78. The fourth-order valence-corrected chi connectivity index (χ4v) is 3.96. The molecular weight excluding hydrogens is 455 g/mol. The van der Waals surface area contributed by atoms with E-state index in [1.807, 2.05) is 52.0 Å². The van der Waals surface area contributed by atoms with Gasteiger partial charge in [0, 0.05) is 20.8 Å². The van der Waals surface area contributed by atoms with Crippen LogP contribution in [0.5, 0.6) is 0 Å². The van der Waals surface area contributed by atoms with Crippen LogP contribution in [-0.2, 0) is 42.6 Å². The number of rotatable bonds is 6. The van der Waals surface area contributed by atoms with Crippen LogP contribution in [0.4, 0.5) is 0 Å². The van der Waals surface area contributed by atoms with Crippen LogP contribution in [0.3, 0.4) is 0 Å². The maximum atomic E-state index is 11.9. The number of benzene rings is 1. The third-order valence-electron chi connectivity index (χ3n) is 6.51. The Bertz CT molecular complexity index is 969. The maximum absolute atomic E-state index is 11.9. The molecule has 9 nitrogen and oxygen atoms in total. The van der Waals surface area contributed by atoms with Crippen molar-refractivity contribution in [1.29, 1.82) is 0 Å². The Morgan fingerprint density at radius 1 is 0.914 bits per heavy atom. The summed E-state index contributed by atoms with van der Waals surface area (Å²) in [5, 5.41) is 0. The number of ether oxygens (including phenoxy) is 4. The molecule has 2 saturated heterocycles. The van der Waals surface area contributed by atoms with Crippen molar-refractivity contribution in [2.75, 3.05) is 6.61 Å². The summed E-state index contributed by atoms with van der Waals surface area (Å²) >= 11 is 0. The summed E-state index contributed by atoms with van der Waals surface area (Å²) in [6, 6.07) is 7.31. The number of carbonyl (C=O) groups excluding carboxylic acids is 3. The second-order valence-electron chi connectivity index (χ2n) is 9.78. The normalized spacial score (nSPS) is 27.3. The van der Waals surface area contributed by atoms with Gasteiger partial charge in [0.25, 0.3) is 0 Å². The molecule has 0 N–H and O–H groups in total. The van der Waals surface area contributed by atoms with Crippen LogP contribution < -0.4 is 5.46 Å². The first-order chi connectivity index (χ1) is 16.2. The van der Waals surface area contributed by atoms with E-state index in [1.165, 1.54) is 20.8 Å². The van der Waals surface area contributed by atoms with E-state index in [1.54, 1.807) is 0 Å². The SMILES string of the molecule is C=C1C(COC(C)=O)OC(c2ccc(B3OC(C)(C)C(C)(C)O3)cc2)C(OC(C)=O)C1OC(C)=O. The Morgan fingerprint density at radius 2 is 1.46 bits per heavy atom. The van der Waals surface area contributed by atoms with E-state index in [9.17, 15) is 14.4 Å². The van der Waals surface area contributed by atoms with Crippen LogP contribution in [0.2, 0.25) is 0 Å². The molecule has 35 heavy (non-hydrogen) atoms. The first kappa shape index (κ1) is 26.9. The van der Waals surface area contributed by atoms with Crippen LogP contribution in [-0.4, -0.2) is 61.1 Å². The molecule has 4 atom stereocenters. The predicted octanol–water partition coefficient (Wildman–Crippen LogP) is 2.41. The van der Waals surface area contributed by atoms with Crippen molar-refractivity contribution in [3.8, 4) is 0 Å². The summed E-state index contributed by atoms with van der Waals surface area (Å²) in [6.07, 6.45) is -3.57. The van der Waals surface area contributed by atoms with Gasteiger partial charge in [0.1, 0.15) is 18.8 Å². The Hall–Kier alpha value is -2.69. The predicted molar refractivity (Wildman–Crippen MR) is 127 cm³/mol. The average molecular weight is 488 g/mol. The second kappa shape index (κ2) is 10.1. The van der Waals surface area contributed by atoms with E-state index in [0.717, 1.165) is 5.46 Å². The molecular formula is C25H33BO9. The molecule has 0 aliphatic carbocycles. The first-order valence-electron chi connectivity index (χ1n) is 11.5. The van der Waals surface area contributed by atoms with Crippen molar-refractivity contribution in [2.24, 2.45) is 0 Å². The lowest BCUT2D eigenvalue weighted by molar-refractivity contribution is -0.197. The van der Waals surface area contributed by atoms with Gasteiger partial charge >= 0.3 is 25.0 Å². The third-order valence-corrected chi connectivity index (χ3v) is 6.51. The van der Waals surface area contributed by atoms with E-state index in [0.29, 0.717) is 11.1 Å². The van der Waals surface area contributed by atoms with E-state index in [-0.39, 0.29) is 6.61 Å². The third kappa shape index (κ3) is 5.94. The highest BCUT2D eigenvalue weighted by molar-refractivity contribution is 6.62. The molecule has 4 unspecified atom stereocenters. The van der Waals surface area contributed by atoms with Gasteiger partial charge in [-0.3, -0.25) is 14.4 Å². The van der Waals surface area contributed by atoms with Gasteiger partial charge in [-0.25, -0.2) is 0 Å². The van der Waals surface area contributed by atoms with Gasteiger partial charge in [0.15, 0.2) is 12.2 Å². The molecule has 0 radical (unpaired) electrons. The number of hydrogen-bond acceptors (Lipinski definition) is 9. The minimum atomic E-state index is -0.988. The number of carbonyl (C=O) groups is 3. The molecule has 2 aliphatic rings. The minimum absolute atomic E-state index is 0.124. The molecule has 3 rings (SSSR count). The average Bonchev–Trinajstić information content (AvgIpc) is 2.96. The summed E-state index contributed by atoms with van der Waals surface area (Å²) in [4.78, 5) is 35.1. The molecule has 0 spiro atoms. The molecule has 10 heteroatoms. The van der Waals surface area contributed by atoms with Crippen molar-refractivity contribution in [2.45, 2.75) is 84.1 Å². The monoisotopic (exact) mass is 488 g/mol. The summed E-state index contributed by atoms with van der Waals surface area (Å²) in [6.45, 7) is 15.6. The maximum Gasteiger partial charge on any atom is 0.494 e. The first-order valence-corrected chi connectivity index (χ1v) is 11.5. The standard InChI is InChI=1S/C25H33BO9/c1-14-20(13-30-15(2)27)33-22(23(32-17(4)29)21(14)31-16(3)28)18-9-11-19(12-10-18)26-34-24(5,6)25(7,8)35-26/h9-12,20-23H,1,13H2,2-8H3. The molecule has 0 saturated carbocycles. The van der Waals surface area contributed by atoms with Gasteiger partial charge in [-0.1, -0.05) is 30.8 Å². The molecule has 0 amide bonds. The number of esters is 3. The van der Waals surface area contributed by atoms with Gasteiger partial charge in [0.2, 0.25) is 0 Å². The fraction of sp³-hybridized carbons (Fsp3) is 0.560. The Morgan fingerprint density at radius 3 is 1.94 bits per heavy atom.